The highest BCUT2D eigenvalue weighted by atomic mass is 16.3. The number of aliphatic hydroxyl groups excluding tert-OH is 1. The van der Waals surface area contributed by atoms with Crippen LogP contribution in [0.3, 0.4) is 0 Å². The first-order valence-corrected chi connectivity index (χ1v) is 7.94. The van der Waals surface area contributed by atoms with E-state index >= 15 is 0 Å². The normalized spacial score (nSPS) is 12.7. The van der Waals surface area contributed by atoms with Crippen molar-refractivity contribution in [2.75, 3.05) is 18.5 Å². The third-order valence-corrected chi connectivity index (χ3v) is 3.51. The molecule has 0 aliphatic heterocycles. The minimum Gasteiger partial charge on any atom is -0.396 e. The smallest absolute Gasteiger partial charge is 0.196 e. The second-order valence-corrected chi connectivity index (χ2v) is 5.81. The van der Waals surface area contributed by atoms with Gasteiger partial charge in [-0.05, 0) is 30.5 Å². The molecule has 0 spiro atoms. The Labute approximate surface area is 138 Å². The van der Waals surface area contributed by atoms with Crippen LogP contribution in [0.25, 0.3) is 0 Å². The molecule has 0 heterocycles. The molecule has 2 rings (SSSR count). The Kier molecular flexibility index (Phi) is 6.63. The molecule has 0 fully saturated rings. The molecule has 4 nitrogen and oxygen atoms in total. The molecule has 0 saturated carbocycles. The van der Waals surface area contributed by atoms with Gasteiger partial charge in [0.05, 0.1) is 6.54 Å². The summed E-state index contributed by atoms with van der Waals surface area (Å²) in [6, 6.07) is 18.3. The van der Waals surface area contributed by atoms with Gasteiger partial charge in [-0.3, -0.25) is 0 Å². The Morgan fingerprint density at radius 2 is 1.78 bits per heavy atom. The van der Waals surface area contributed by atoms with Crippen molar-refractivity contribution in [3.63, 3.8) is 0 Å². The summed E-state index contributed by atoms with van der Waals surface area (Å²) < 4.78 is 0. The summed E-state index contributed by atoms with van der Waals surface area (Å²) in [5.41, 5.74) is 3.40. The van der Waals surface area contributed by atoms with Crippen molar-refractivity contribution < 1.29 is 5.11 Å². The number of benzene rings is 2. The molecular formula is C19H25N3O. The number of hydrogen-bond acceptors (Lipinski definition) is 2. The molecule has 0 aliphatic carbocycles. The van der Waals surface area contributed by atoms with E-state index in [9.17, 15) is 5.11 Å². The van der Waals surface area contributed by atoms with Crippen molar-refractivity contribution in [1.82, 2.24) is 5.32 Å². The van der Waals surface area contributed by atoms with E-state index in [1.807, 2.05) is 37.3 Å². The largest absolute Gasteiger partial charge is 0.396 e. The molecule has 122 valence electrons. The van der Waals surface area contributed by atoms with E-state index in [1.54, 1.807) is 0 Å². The highest BCUT2D eigenvalue weighted by Gasteiger charge is 2.04. The van der Waals surface area contributed by atoms with Crippen LogP contribution in [0, 0.1) is 12.8 Å². The second kappa shape index (κ2) is 8.96. The number of guanidine groups is 1. The minimum absolute atomic E-state index is 0.156. The van der Waals surface area contributed by atoms with Crippen molar-refractivity contribution in [1.29, 1.82) is 0 Å². The molecule has 0 aromatic heterocycles. The van der Waals surface area contributed by atoms with Crippen molar-refractivity contribution in [3.05, 3.63) is 65.7 Å². The molecule has 4 heteroatoms. The lowest BCUT2D eigenvalue weighted by molar-refractivity contribution is 0.238. The Balaban J connectivity index is 2.04. The van der Waals surface area contributed by atoms with Crippen LogP contribution in [0.1, 0.15) is 18.1 Å². The van der Waals surface area contributed by atoms with E-state index in [0.717, 1.165) is 11.6 Å². The first-order valence-electron chi connectivity index (χ1n) is 7.94. The summed E-state index contributed by atoms with van der Waals surface area (Å²) in [6.07, 6.45) is 0. The minimum atomic E-state index is 0.156. The van der Waals surface area contributed by atoms with Gasteiger partial charge in [0.1, 0.15) is 0 Å². The highest BCUT2D eigenvalue weighted by Crippen LogP contribution is 2.07. The molecule has 0 amide bonds. The van der Waals surface area contributed by atoms with Crippen LogP contribution < -0.4 is 10.6 Å². The quantitative estimate of drug-likeness (QED) is 0.567. The third kappa shape index (κ3) is 6.12. The predicted octanol–water partition coefficient (Wildman–Crippen LogP) is 3.18. The maximum atomic E-state index is 9.17. The van der Waals surface area contributed by atoms with Gasteiger partial charge in [-0.2, -0.15) is 0 Å². The molecular weight excluding hydrogens is 286 g/mol. The van der Waals surface area contributed by atoms with Gasteiger partial charge in [-0.15, -0.1) is 0 Å². The van der Waals surface area contributed by atoms with Gasteiger partial charge in [0.2, 0.25) is 0 Å². The lowest BCUT2D eigenvalue weighted by Crippen LogP contribution is -2.35. The van der Waals surface area contributed by atoms with Crippen LogP contribution in [-0.4, -0.2) is 24.2 Å². The molecule has 0 aliphatic rings. The zero-order chi connectivity index (χ0) is 16.5. The fourth-order valence-corrected chi connectivity index (χ4v) is 2.00. The molecule has 2 aromatic rings. The van der Waals surface area contributed by atoms with Crippen molar-refractivity contribution in [2.24, 2.45) is 10.9 Å². The van der Waals surface area contributed by atoms with E-state index in [0.29, 0.717) is 13.1 Å². The summed E-state index contributed by atoms with van der Waals surface area (Å²) in [6.45, 7) is 5.50. The Morgan fingerprint density at radius 3 is 2.43 bits per heavy atom. The molecule has 0 bridgehead atoms. The summed E-state index contributed by atoms with van der Waals surface area (Å²) in [5.74, 6) is 0.897. The summed E-state index contributed by atoms with van der Waals surface area (Å²) in [4.78, 5) is 4.64. The second-order valence-electron chi connectivity index (χ2n) is 5.81. The monoisotopic (exact) mass is 311 g/mol. The van der Waals surface area contributed by atoms with Gasteiger partial charge in [0.25, 0.3) is 0 Å². The average Bonchev–Trinajstić information content (AvgIpc) is 2.59. The molecule has 0 saturated heterocycles. The molecule has 3 N–H and O–H groups in total. The molecule has 1 unspecified atom stereocenters. The standard InChI is InChI=1S/C19H25N3O/c1-15-8-10-17(11-9-15)13-21-19(20-12-16(2)14-23)22-18-6-4-3-5-7-18/h3-11,16,23H,12-14H2,1-2H3,(H2,20,21,22). The average molecular weight is 311 g/mol. The topological polar surface area (TPSA) is 56.7 Å². The van der Waals surface area contributed by atoms with Gasteiger partial charge < -0.3 is 15.7 Å². The third-order valence-electron chi connectivity index (χ3n) is 3.51. The molecule has 0 radical (unpaired) electrons. The lowest BCUT2D eigenvalue weighted by Gasteiger charge is -2.15. The Bertz CT molecular complexity index is 608. The van der Waals surface area contributed by atoms with E-state index in [4.69, 9.17) is 0 Å². The summed E-state index contributed by atoms with van der Waals surface area (Å²) in [5, 5.41) is 15.7. The van der Waals surface area contributed by atoms with Crippen LogP contribution in [0.5, 0.6) is 0 Å². The van der Waals surface area contributed by atoms with E-state index in [-0.39, 0.29) is 12.5 Å². The van der Waals surface area contributed by atoms with Gasteiger partial charge >= 0.3 is 0 Å². The van der Waals surface area contributed by atoms with Crippen molar-refractivity contribution in [2.45, 2.75) is 20.4 Å². The van der Waals surface area contributed by atoms with Crippen LogP contribution in [0.4, 0.5) is 5.69 Å². The fraction of sp³-hybridized carbons (Fsp3) is 0.316. The molecule has 1 atom stereocenters. The Hall–Kier alpha value is -2.33. The SMILES string of the molecule is Cc1ccc(CN=C(NCC(C)CO)Nc2ccccc2)cc1. The van der Waals surface area contributed by atoms with Crippen LogP contribution in [0.15, 0.2) is 59.6 Å². The molecule has 2 aromatic carbocycles. The number of aliphatic hydroxyl groups is 1. The first-order chi connectivity index (χ1) is 11.2. The van der Waals surface area contributed by atoms with Gasteiger partial charge in [0.15, 0.2) is 5.96 Å². The zero-order valence-electron chi connectivity index (χ0n) is 13.8. The first kappa shape index (κ1) is 17.0. The maximum Gasteiger partial charge on any atom is 0.196 e. The highest BCUT2D eigenvalue weighted by molar-refractivity contribution is 5.93. The van der Waals surface area contributed by atoms with Crippen molar-refractivity contribution >= 4 is 11.6 Å². The summed E-state index contributed by atoms with van der Waals surface area (Å²) >= 11 is 0. The Morgan fingerprint density at radius 1 is 1.09 bits per heavy atom. The number of aryl methyl sites for hydroxylation is 1. The molecule has 23 heavy (non-hydrogen) atoms. The van der Waals surface area contributed by atoms with Gasteiger partial charge in [-0.25, -0.2) is 4.99 Å². The van der Waals surface area contributed by atoms with E-state index < -0.39 is 0 Å². The number of hydrogen-bond donors (Lipinski definition) is 3. The zero-order valence-corrected chi connectivity index (χ0v) is 13.8. The van der Waals surface area contributed by atoms with Gasteiger partial charge in [0, 0.05) is 18.8 Å². The maximum absolute atomic E-state index is 9.17. The number of para-hydroxylation sites is 1. The predicted molar refractivity (Wildman–Crippen MR) is 96.6 cm³/mol. The number of aliphatic imine (C=N–C) groups is 1. The van der Waals surface area contributed by atoms with E-state index in [1.165, 1.54) is 11.1 Å². The van der Waals surface area contributed by atoms with Gasteiger partial charge in [-0.1, -0.05) is 55.0 Å². The fourth-order valence-electron chi connectivity index (χ4n) is 2.00. The number of anilines is 1. The van der Waals surface area contributed by atoms with Crippen LogP contribution in [-0.2, 0) is 6.54 Å². The van der Waals surface area contributed by atoms with E-state index in [2.05, 4.69) is 46.8 Å². The van der Waals surface area contributed by atoms with Crippen molar-refractivity contribution in [3.8, 4) is 0 Å². The number of nitrogens with zero attached hydrogens (tertiary/aromatic N) is 1. The summed E-state index contributed by atoms with van der Waals surface area (Å²) in [7, 11) is 0. The number of nitrogens with one attached hydrogen (secondary N) is 2. The van der Waals surface area contributed by atoms with Crippen LogP contribution >= 0.6 is 0 Å². The number of rotatable bonds is 6. The van der Waals surface area contributed by atoms with Crippen LogP contribution in [0.2, 0.25) is 0 Å². The lowest BCUT2D eigenvalue weighted by atomic mass is 10.1.